The maximum atomic E-state index is 12.6. The van der Waals surface area contributed by atoms with E-state index in [9.17, 15) is 61.5 Å². The molecule has 0 nitrogen and oxygen atoms in total. The Bertz CT molecular complexity index is 298. The Morgan fingerprint density at radius 2 is 0.238 bits per heavy atom. The maximum Gasteiger partial charge on any atom is 0.385 e. The van der Waals surface area contributed by atoms with Crippen LogP contribution in [0.4, 0.5) is 61.5 Å². The SMILES string of the molecule is FC1(F)C(F)(F)C(F)(F)C(F)(F)C(F)(F)C(F)(F)C1(F)F. The third kappa shape index (κ3) is 1.43. The second-order valence-corrected chi connectivity index (χ2v) is 4.02. The van der Waals surface area contributed by atoms with Crippen LogP contribution in [0.5, 0.6) is 0 Å². The van der Waals surface area contributed by atoms with E-state index in [1.807, 2.05) is 0 Å². The molecule has 0 unspecified atom stereocenters. The van der Waals surface area contributed by atoms with E-state index in [1.165, 1.54) is 0 Å². The summed E-state index contributed by atoms with van der Waals surface area (Å²) in [6.07, 6.45) is 0. The summed E-state index contributed by atoms with van der Waals surface area (Å²) in [7, 11) is 0. The molecule has 0 spiro atoms. The Morgan fingerprint density at radius 3 is 0.286 bits per heavy atom. The summed E-state index contributed by atoms with van der Waals surface area (Å²) in [5.74, 6) is -55.2. The molecule has 0 saturated heterocycles. The first-order chi connectivity index (χ1) is 8.75. The number of hydrogen-bond donors (Lipinski definition) is 0. The Balaban J connectivity index is 3.97. The van der Waals surface area contributed by atoms with Crippen LogP contribution < -0.4 is 0 Å². The lowest BCUT2D eigenvalue weighted by Gasteiger charge is -2.34. The molecule has 0 aliphatic heterocycles. The van der Waals surface area contributed by atoms with Gasteiger partial charge < -0.3 is 0 Å². The van der Waals surface area contributed by atoms with Gasteiger partial charge in [-0.25, -0.2) is 0 Å². The highest BCUT2D eigenvalue weighted by atomic mass is 19.4. The normalized spacial score (nSPS) is 34.0. The Labute approximate surface area is 104 Å². The first-order valence-corrected chi connectivity index (χ1v) is 4.40. The van der Waals surface area contributed by atoms with Crippen LogP contribution in [-0.2, 0) is 0 Å². The smallest absolute Gasteiger partial charge is 0.192 e. The predicted octanol–water partition coefficient (Wildman–Crippen LogP) is 4.45. The molecule has 0 radical (unpaired) electrons. The van der Waals surface area contributed by atoms with E-state index in [1.54, 1.807) is 0 Å². The molecule has 1 rings (SSSR count). The molecular weight excluding hydrogens is 350 g/mol. The average molecular weight is 350 g/mol. The fourth-order valence-corrected chi connectivity index (χ4v) is 1.38. The first kappa shape index (κ1) is 18.1. The van der Waals surface area contributed by atoms with Crippen molar-refractivity contribution in [3.63, 3.8) is 0 Å². The molecular formula is C7F14. The van der Waals surface area contributed by atoms with Gasteiger partial charge in [0.2, 0.25) is 0 Å². The average Bonchev–Trinajstić information content (AvgIpc) is 2.26. The Hall–Kier alpha value is -0.980. The van der Waals surface area contributed by atoms with E-state index >= 15 is 0 Å². The quantitative estimate of drug-likeness (QED) is 0.447. The van der Waals surface area contributed by atoms with Gasteiger partial charge in [-0.1, -0.05) is 0 Å². The molecule has 1 saturated carbocycles. The molecule has 1 aliphatic rings. The molecule has 1 fully saturated rings. The van der Waals surface area contributed by atoms with Crippen molar-refractivity contribution in [1.82, 2.24) is 0 Å². The topological polar surface area (TPSA) is 0 Å². The third-order valence-electron chi connectivity index (χ3n) is 2.76. The molecule has 0 amide bonds. The molecule has 0 aromatic heterocycles. The predicted molar refractivity (Wildman–Crippen MR) is 34.6 cm³/mol. The summed E-state index contributed by atoms with van der Waals surface area (Å²) >= 11 is 0. The molecule has 0 aromatic rings. The summed E-state index contributed by atoms with van der Waals surface area (Å²) in [4.78, 5) is 0. The van der Waals surface area contributed by atoms with Crippen molar-refractivity contribution < 1.29 is 61.5 Å². The highest BCUT2D eigenvalue weighted by Gasteiger charge is 3.02. The summed E-state index contributed by atoms with van der Waals surface area (Å²) in [5, 5.41) is 0. The van der Waals surface area contributed by atoms with Crippen LogP contribution in [0, 0.1) is 0 Å². The number of alkyl halides is 14. The van der Waals surface area contributed by atoms with E-state index in [-0.39, 0.29) is 0 Å². The van der Waals surface area contributed by atoms with Crippen molar-refractivity contribution in [2.24, 2.45) is 0 Å². The second-order valence-electron chi connectivity index (χ2n) is 4.02. The largest absolute Gasteiger partial charge is 0.385 e. The van der Waals surface area contributed by atoms with E-state index in [2.05, 4.69) is 0 Å². The first-order valence-electron chi connectivity index (χ1n) is 4.40. The van der Waals surface area contributed by atoms with Crippen LogP contribution in [0.1, 0.15) is 0 Å². The molecule has 14 heteroatoms. The highest BCUT2D eigenvalue weighted by Crippen LogP contribution is 2.69. The van der Waals surface area contributed by atoms with E-state index in [4.69, 9.17) is 0 Å². The minimum absolute atomic E-state index is 7.89. The van der Waals surface area contributed by atoms with Crippen molar-refractivity contribution in [3.05, 3.63) is 0 Å². The van der Waals surface area contributed by atoms with E-state index in [0.29, 0.717) is 0 Å². The van der Waals surface area contributed by atoms with Crippen molar-refractivity contribution in [2.45, 2.75) is 41.5 Å². The lowest BCUT2D eigenvalue weighted by Crippen LogP contribution is -2.66. The molecule has 0 heterocycles. The van der Waals surface area contributed by atoms with Crippen LogP contribution in [0.3, 0.4) is 0 Å². The number of halogens is 14. The van der Waals surface area contributed by atoms with Crippen LogP contribution in [-0.4, -0.2) is 41.5 Å². The Morgan fingerprint density at radius 1 is 0.190 bits per heavy atom. The lowest BCUT2D eigenvalue weighted by molar-refractivity contribution is -0.397. The standard InChI is InChI=1S/C7F14/c8-1(9)2(10,11)4(14,15)6(18,19)7(20,21)5(16,17)3(1,12)13. The molecule has 126 valence electrons. The van der Waals surface area contributed by atoms with Gasteiger partial charge in [-0.15, -0.1) is 0 Å². The summed E-state index contributed by atoms with van der Waals surface area (Å²) in [6, 6.07) is 0. The van der Waals surface area contributed by atoms with Gasteiger partial charge >= 0.3 is 41.5 Å². The molecule has 0 bridgehead atoms. The van der Waals surface area contributed by atoms with Gasteiger partial charge in [-0.3, -0.25) is 0 Å². The zero-order valence-electron chi connectivity index (χ0n) is 8.79. The van der Waals surface area contributed by atoms with Crippen LogP contribution in [0.2, 0.25) is 0 Å². The van der Waals surface area contributed by atoms with Gasteiger partial charge in [0.15, 0.2) is 0 Å². The Kier molecular flexibility index (Phi) is 3.16. The van der Waals surface area contributed by atoms with E-state index < -0.39 is 41.5 Å². The molecule has 0 aromatic carbocycles. The van der Waals surface area contributed by atoms with Gasteiger partial charge in [0.05, 0.1) is 0 Å². The summed E-state index contributed by atoms with van der Waals surface area (Å²) in [5.41, 5.74) is 0. The van der Waals surface area contributed by atoms with Crippen LogP contribution in [0.15, 0.2) is 0 Å². The minimum Gasteiger partial charge on any atom is -0.192 e. The van der Waals surface area contributed by atoms with Crippen LogP contribution >= 0.6 is 0 Å². The number of rotatable bonds is 0. The number of hydrogen-bond acceptors (Lipinski definition) is 0. The summed E-state index contributed by atoms with van der Waals surface area (Å²) in [6.45, 7) is 0. The van der Waals surface area contributed by atoms with Crippen LogP contribution in [0.25, 0.3) is 0 Å². The van der Waals surface area contributed by atoms with E-state index in [0.717, 1.165) is 0 Å². The molecule has 0 atom stereocenters. The molecule has 21 heavy (non-hydrogen) atoms. The monoisotopic (exact) mass is 350 g/mol. The maximum absolute atomic E-state index is 12.6. The van der Waals surface area contributed by atoms with Crippen molar-refractivity contribution >= 4 is 0 Å². The minimum atomic E-state index is -7.89. The fraction of sp³-hybridized carbons (Fsp3) is 1.00. The lowest BCUT2D eigenvalue weighted by atomic mass is 9.99. The van der Waals surface area contributed by atoms with Crippen molar-refractivity contribution in [2.75, 3.05) is 0 Å². The van der Waals surface area contributed by atoms with Gasteiger partial charge in [0.25, 0.3) is 0 Å². The second kappa shape index (κ2) is 3.67. The van der Waals surface area contributed by atoms with Crippen molar-refractivity contribution in [3.8, 4) is 0 Å². The summed E-state index contributed by atoms with van der Waals surface area (Å²) < 4.78 is 176. The molecule has 0 N–H and O–H groups in total. The third-order valence-corrected chi connectivity index (χ3v) is 2.76. The van der Waals surface area contributed by atoms with Crippen molar-refractivity contribution in [1.29, 1.82) is 0 Å². The molecule has 1 aliphatic carbocycles. The van der Waals surface area contributed by atoms with Gasteiger partial charge in [0.1, 0.15) is 0 Å². The zero-order valence-corrected chi connectivity index (χ0v) is 8.79. The van der Waals surface area contributed by atoms with Gasteiger partial charge in [-0.2, -0.15) is 61.5 Å². The van der Waals surface area contributed by atoms with Gasteiger partial charge in [-0.05, 0) is 0 Å². The highest BCUT2D eigenvalue weighted by molar-refractivity contribution is 5.23. The fourth-order valence-electron chi connectivity index (χ4n) is 1.38. The zero-order chi connectivity index (χ0) is 17.5. The van der Waals surface area contributed by atoms with Gasteiger partial charge in [0, 0.05) is 0 Å².